The van der Waals surface area contributed by atoms with Gasteiger partial charge in [0, 0.05) is 25.8 Å². The Morgan fingerprint density at radius 3 is 2.64 bits per heavy atom. The highest BCUT2D eigenvalue weighted by Gasteiger charge is 2.28. The molecule has 2 aromatic heterocycles. The summed E-state index contributed by atoms with van der Waals surface area (Å²) >= 11 is 0. The molecule has 28 heavy (non-hydrogen) atoms. The van der Waals surface area contributed by atoms with Gasteiger partial charge in [-0.25, -0.2) is 22.4 Å². The molecule has 0 aliphatic carbocycles. The van der Waals surface area contributed by atoms with Gasteiger partial charge >= 0.3 is 0 Å². The summed E-state index contributed by atoms with van der Waals surface area (Å²) in [5, 5.41) is 4.17. The van der Waals surface area contributed by atoms with Crippen LogP contribution in [0.15, 0.2) is 47.8 Å². The van der Waals surface area contributed by atoms with Gasteiger partial charge in [0.05, 0.1) is 10.3 Å². The third-order valence-electron chi connectivity index (χ3n) is 5.62. The van der Waals surface area contributed by atoms with E-state index in [9.17, 15) is 8.42 Å². The standard InChI is InChI=1S/C20H25N5O2S/c1-14-4-6-16(7-5-14)28(26,27)25-11-9-17-19(22-13-23-20(17)25)24(3)18-12-21-10-8-15(18)2/h4-7,9,11,13,15,18,21H,8,10,12H2,1-3H3/t15-,18+/m1/s1. The molecular weight excluding hydrogens is 374 g/mol. The van der Waals surface area contributed by atoms with Gasteiger partial charge in [-0.2, -0.15) is 0 Å². The summed E-state index contributed by atoms with van der Waals surface area (Å²) in [6, 6.07) is 8.92. The van der Waals surface area contributed by atoms with Crippen LogP contribution in [-0.2, 0) is 10.0 Å². The minimum absolute atomic E-state index is 0.245. The summed E-state index contributed by atoms with van der Waals surface area (Å²) in [5.74, 6) is 1.28. The minimum Gasteiger partial charge on any atom is -0.354 e. The Morgan fingerprint density at radius 1 is 1.18 bits per heavy atom. The lowest BCUT2D eigenvalue weighted by Gasteiger charge is -2.37. The maximum atomic E-state index is 13.1. The van der Waals surface area contributed by atoms with Crippen LogP contribution < -0.4 is 10.2 Å². The second kappa shape index (κ2) is 7.18. The number of rotatable bonds is 4. The smallest absolute Gasteiger partial charge is 0.269 e. The Kier molecular flexibility index (Phi) is 4.84. The van der Waals surface area contributed by atoms with Crippen molar-refractivity contribution in [1.82, 2.24) is 19.3 Å². The van der Waals surface area contributed by atoms with Crippen LogP contribution in [0.25, 0.3) is 11.0 Å². The van der Waals surface area contributed by atoms with Gasteiger partial charge in [0.25, 0.3) is 10.0 Å². The van der Waals surface area contributed by atoms with Crippen LogP contribution in [0.2, 0.25) is 0 Å². The summed E-state index contributed by atoms with van der Waals surface area (Å²) in [5.41, 5.74) is 1.41. The molecule has 148 valence electrons. The van der Waals surface area contributed by atoms with Crippen molar-refractivity contribution >= 4 is 26.9 Å². The van der Waals surface area contributed by atoms with E-state index in [1.807, 2.05) is 14.0 Å². The Balaban J connectivity index is 1.77. The molecule has 0 spiro atoms. The molecular formula is C20H25N5O2S. The first-order valence-corrected chi connectivity index (χ1v) is 10.9. The maximum absolute atomic E-state index is 13.1. The summed E-state index contributed by atoms with van der Waals surface area (Å²) in [7, 11) is -1.71. The Hall–Kier alpha value is -2.45. The molecule has 1 N–H and O–H groups in total. The van der Waals surface area contributed by atoms with Crippen molar-refractivity contribution in [3.8, 4) is 0 Å². The summed E-state index contributed by atoms with van der Waals surface area (Å²) < 4.78 is 27.5. The highest BCUT2D eigenvalue weighted by atomic mass is 32.2. The molecule has 0 unspecified atom stereocenters. The lowest BCUT2D eigenvalue weighted by atomic mass is 9.93. The van der Waals surface area contributed by atoms with Crippen LogP contribution in [0, 0.1) is 12.8 Å². The van der Waals surface area contributed by atoms with E-state index in [1.54, 1.807) is 36.5 Å². The summed E-state index contributed by atoms with van der Waals surface area (Å²) in [6.45, 7) is 6.08. The van der Waals surface area contributed by atoms with Gasteiger partial charge in [0.1, 0.15) is 12.1 Å². The Bertz CT molecular complexity index is 1090. The third-order valence-corrected chi connectivity index (χ3v) is 7.30. The van der Waals surface area contributed by atoms with Crippen molar-refractivity contribution in [2.24, 2.45) is 5.92 Å². The lowest BCUT2D eigenvalue weighted by molar-refractivity contribution is 0.338. The van der Waals surface area contributed by atoms with Crippen molar-refractivity contribution in [2.75, 3.05) is 25.0 Å². The number of piperidine rings is 1. The first kappa shape index (κ1) is 18.9. The molecule has 7 nitrogen and oxygen atoms in total. The molecule has 0 radical (unpaired) electrons. The first-order valence-electron chi connectivity index (χ1n) is 9.47. The van der Waals surface area contributed by atoms with Gasteiger partial charge in [-0.05, 0) is 44.0 Å². The number of aromatic nitrogens is 3. The van der Waals surface area contributed by atoms with E-state index < -0.39 is 10.0 Å². The van der Waals surface area contributed by atoms with Crippen LogP contribution >= 0.6 is 0 Å². The van der Waals surface area contributed by atoms with Crippen LogP contribution in [0.3, 0.4) is 0 Å². The number of anilines is 1. The van der Waals surface area contributed by atoms with Crippen molar-refractivity contribution in [3.05, 3.63) is 48.4 Å². The fourth-order valence-electron chi connectivity index (χ4n) is 3.86. The average molecular weight is 400 g/mol. The largest absolute Gasteiger partial charge is 0.354 e. The second-order valence-corrected chi connectivity index (χ2v) is 9.33. The van der Waals surface area contributed by atoms with E-state index in [0.29, 0.717) is 17.6 Å². The van der Waals surface area contributed by atoms with Crippen molar-refractivity contribution in [1.29, 1.82) is 0 Å². The highest BCUT2D eigenvalue weighted by Crippen LogP contribution is 2.29. The Labute approximate surface area is 165 Å². The maximum Gasteiger partial charge on any atom is 0.269 e. The number of aryl methyl sites for hydroxylation is 1. The minimum atomic E-state index is -3.72. The topological polar surface area (TPSA) is 80.1 Å². The quantitative estimate of drug-likeness (QED) is 0.726. The molecule has 3 aromatic rings. The van der Waals surface area contributed by atoms with Crippen molar-refractivity contribution in [3.63, 3.8) is 0 Å². The second-order valence-electron chi connectivity index (χ2n) is 7.51. The molecule has 0 amide bonds. The first-order chi connectivity index (χ1) is 13.4. The fraction of sp³-hybridized carbons (Fsp3) is 0.400. The van der Waals surface area contributed by atoms with Gasteiger partial charge in [-0.15, -0.1) is 0 Å². The Morgan fingerprint density at radius 2 is 1.93 bits per heavy atom. The fourth-order valence-corrected chi connectivity index (χ4v) is 5.16. The monoisotopic (exact) mass is 399 g/mol. The molecule has 0 bridgehead atoms. The van der Waals surface area contributed by atoms with E-state index in [1.165, 1.54) is 10.3 Å². The van der Waals surface area contributed by atoms with Crippen LogP contribution in [0.4, 0.5) is 5.82 Å². The van der Waals surface area contributed by atoms with E-state index in [2.05, 4.69) is 27.1 Å². The summed E-state index contributed by atoms with van der Waals surface area (Å²) in [4.78, 5) is 11.2. The van der Waals surface area contributed by atoms with Gasteiger partial charge in [-0.1, -0.05) is 24.6 Å². The normalized spacial score (nSPS) is 20.4. The zero-order valence-corrected chi connectivity index (χ0v) is 17.1. The SMILES string of the molecule is Cc1ccc(S(=O)(=O)n2ccc3c(N(C)[C@H]4CNCC[C@H]4C)ncnc32)cc1. The van der Waals surface area contributed by atoms with Gasteiger partial charge in [0.2, 0.25) is 0 Å². The molecule has 1 fully saturated rings. The molecule has 8 heteroatoms. The van der Waals surface area contributed by atoms with E-state index in [-0.39, 0.29) is 4.90 Å². The van der Waals surface area contributed by atoms with Crippen LogP contribution in [0.5, 0.6) is 0 Å². The zero-order chi connectivity index (χ0) is 19.9. The number of hydrogen-bond donors (Lipinski definition) is 1. The number of nitrogens with one attached hydrogen (secondary N) is 1. The van der Waals surface area contributed by atoms with E-state index >= 15 is 0 Å². The highest BCUT2D eigenvalue weighted by molar-refractivity contribution is 7.90. The van der Waals surface area contributed by atoms with E-state index in [4.69, 9.17) is 0 Å². The molecule has 3 heterocycles. The van der Waals surface area contributed by atoms with Gasteiger partial charge in [0.15, 0.2) is 5.65 Å². The van der Waals surface area contributed by atoms with Crippen molar-refractivity contribution in [2.45, 2.75) is 31.2 Å². The molecule has 1 saturated heterocycles. The molecule has 1 aliphatic rings. The predicted octanol–water partition coefficient (Wildman–Crippen LogP) is 2.41. The average Bonchev–Trinajstić information content (AvgIpc) is 3.13. The number of benzene rings is 1. The molecule has 0 saturated carbocycles. The molecule has 1 aliphatic heterocycles. The molecule has 4 rings (SSSR count). The van der Waals surface area contributed by atoms with Crippen molar-refractivity contribution < 1.29 is 8.42 Å². The van der Waals surface area contributed by atoms with Crippen LogP contribution in [0.1, 0.15) is 18.9 Å². The zero-order valence-electron chi connectivity index (χ0n) is 16.3. The van der Waals surface area contributed by atoms with E-state index in [0.717, 1.165) is 36.3 Å². The number of fused-ring (bicyclic) bond motifs is 1. The lowest BCUT2D eigenvalue weighted by Crippen LogP contribution is -2.49. The number of likely N-dealkylation sites (N-methyl/N-ethyl adjacent to an activating group) is 1. The number of nitrogens with zero attached hydrogens (tertiary/aromatic N) is 4. The number of hydrogen-bond acceptors (Lipinski definition) is 6. The van der Waals surface area contributed by atoms with Crippen LogP contribution in [-0.4, -0.2) is 48.5 Å². The third kappa shape index (κ3) is 3.16. The molecule has 2 atom stereocenters. The summed E-state index contributed by atoms with van der Waals surface area (Å²) in [6.07, 6.45) is 4.11. The molecule has 1 aromatic carbocycles. The van der Waals surface area contributed by atoms with Gasteiger partial charge in [-0.3, -0.25) is 0 Å². The predicted molar refractivity (Wildman–Crippen MR) is 110 cm³/mol. The van der Waals surface area contributed by atoms with Gasteiger partial charge < -0.3 is 10.2 Å².